The lowest BCUT2D eigenvalue weighted by Crippen LogP contribution is -2.51. The molecule has 0 bridgehead atoms. The zero-order chi connectivity index (χ0) is 11.1. The third kappa shape index (κ3) is 4.96. The highest BCUT2D eigenvalue weighted by Gasteiger charge is 2.28. The molecular weight excluding hydrogens is 188 g/mol. The van der Waals surface area contributed by atoms with Crippen LogP contribution in [0.2, 0.25) is 0 Å². The first kappa shape index (κ1) is 12.9. The van der Waals surface area contributed by atoms with Crippen LogP contribution in [0.25, 0.3) is 0 Å². The molecule has 90 valence electrons. The Morgan fingerprint density at radius 3 is 2.53 bits per heavy atom. The molecule has 1 aliphatic rings. The van der Waals surface area contributed by atoms with Gasteiger partial charge in [-0.05, 0) is 26.8 Å². The molecule has 15 heavy (non-hydrogen) atoms. The predicted molar refractivity (Wildman–Crippen MR) is 64.0 cm³/mol. The lowest BCUT2D eigenvalue weighted by molar-refractivity contribution is 0.108. The van der Waals surface area contributed by atoms with Gasteiger partial charge in [0, 0.05) is 25.2 Å². The normalized spacial score (nSPS) is 20.8. The molecule has 0 aromatic carbocycles. The van der Waals surface area contributed by atoms with E-state index in [0.29, 0.717) is 0 Å². The average Bonchev–Trinajstić information content (AvgIpc) is 2.18. The second-order valence-electron chi connectivity index (χ2n) is 4.86. The summed E-state index contributed by atoms with van der Waals surface area (Å²) in [7, 11) is 2.14. The maximum Gasteiger partial charge on any atom is 0.0593 e. The zero-order valence-electron chi connectivity index (χ0n) is 10.3. The molecule has 0 aliphatic heterocycles. The predicted octanol–water partition coefficient (Wildman–Crippen LogP) is 1.62. The molecule has 1 rings (SSSR count). The first-order chi connectivity index (χ1) is 7.16. The summed E-state index contributed by atoms with van der Waals surface area (Å²) in [6, 6.07) is 0. The average molecular weight is 214 g/mol. The highest BCUT2D eigenvalue weighted by atomic mass is 16.5. The van der Waals surface area contributed by atoms with E-state index in [1.165, 1.54) is 32.1 Å². The van der Waals surface area contributed by atoms with Gasteiger partial charge in [-0.2, -0.15) is 0 Å². The minimum absolute atomic E-state index is 0.0687. The number of nitrogens with zero attached hydrogens (tertiary/aromatic N) is 1. The summed E-state index contributed by atoms with van der Waals surface area (Å²) in [5.41, 5.74) is 6.45. The summed E-state index contributed by atoms with van der Waals surface area (Å²) in [5, 5.41) is 0. The van der Waals surface area contributed by atoms with Crippen LogP contribution in [0.5, 0.6) is 0 Å². The summed E-state index contributed by atoms with van der Waals surface area (Å²) in [5.74, 6) is 0. The Hall–Kier alpha value is -0.120. The Morgan fingerprint density at radius 2 is 1.93 bits per heavy atom. The molecule has 3 heteroatoms. The van der Waals surface area contributed by atoms with Crippen molar-refractivity contribution in [2.24, 2.45) is 5.73 Å². The van der Waals surface area contributed by atoms with Crippen molar-refractivity contribution in [3.8, 4) is 0 Å². The summed E-state index contributed by atoms with van der Waals surface area (Å²) >= 11 is 0. The smallest absolute Gasteiger partial charge is 0.0593 e. The van der Waals surface area contributed by atoms with E-state index in [1.807, 2.05) is 6.92 Å². The van der Waals surface area contributed by atoms with E-state index in [4.69, 9.17) is 10.5 Å². The van der Waals surface area contributed by atoms with Crippen LogP contribution in [0, 0.1) is 0 Å². The van der Waals surface area contributed by atoms with Crippen LogP contribution >= 0.6 is 0 Å². The van der Waals surface area contributed by atoms with Gasteiger partial charge in [0.05, 0.1) is 6.61 Å². The van der Waals surface area contributed by atoms with E-state index < -0.39 is 0 Å². The van der Waals surface area contributed by atoms with Crippen LogP contribution in [0.1, 0.15) is 39.0 Å². The number of nitrogens with two attached hydrogens (primary N) is 1. The minimum atomic E-state index is 0.0687. The highest BCUT2D eigenvalue weighted by molar-refractivity contribution is 4.89. The maximum atomic E-state index is 6.38. The summed E-state index contributed by atoms with van der Waals surface area (Å²) < 4.78 is 5.34. The van der Waals surface area contributed by atoms with E-state index >= 15 is 0 Å². The lowest BCUT2D eigenvalue weighted by Gasteiger charge is -2.36. The molecule has 0 saturated heterocycles. The second kappa shape index (κ2) is 6.46. The number of rotatable bonds is 6. The SMILES string of the molecule is CCOCCN(C)CC1(N)CCCCC1. The van der Waals surface area contributed by atoms with Crippen molar-refractivity contribution in [2.45, 2.75) is 44.6 Å². The van der Waals surface area contributed by atoms with Crippen LogP contribution in [0.4, 0.5) is 0 Å². The van der Waals surface area contributed by atoms with Gasteiger partial charge < -0.3 is 15.4 Å². The molecular formula is C12H26N2O. The van der Waals surface area contributed by atoms with Crippen LogP contribution < -0.4 is 5.73 Å². The van der Waals surface area contributed by atoms with Gasteiger partial charge in [-0.1, -0.05) is 19.3 Å². The fourth-order valence-corrected chi connectivity index (χ4v) is 2.40. The molecule has 1 saturated carbocycles. The summed E-state index contributed by atoms with van der Waals surface area (Å²) in [4.78, 5) is 2.31. The van der Waals surface area contributed by atoms with Gasteiger partial charge in [-0.15, -0.1) is 0 Å². The van der Waals surface area contributed by atoms with E-state index in [0.717, 1.165) is 26.3 Å². The van der Waals surface area contributed by atoms with E-state index in [9.17, 15) is 0 Å². The fourth-order valence-electron chi connectivity index (χ4n) is 2.40. The van der Waals surface area contributed by atoms with E-state index in [1.54, 1.807) is 0 Å². The van der Waals surface area contributed by atoms with Crippen molar-refractivity contribution < 1.29 is 4.74 Å². The molecule has 0 amide bonds. The topological polar surface area (TPSA) is 38.5 Å². The Labute approximate surface area is 94.0 Å². The third-order valence-electron chi connectivity index (χ3n) is 3.26. The number of hydrogen-bond donors (Lipinski definition) is 1. The zero-order valence-corrected chi connectivity index (χ0v) is 10.3. The molecule has 0 atom stereocenters. The Kier molecular flexibility index (Phi) is 5.58. The van der Waals surface area contributed by atoms with Crippen molar-refractivity contribution >= 4 is 0 Å². The van der Waals surface area contributed by atoms with Crippen molar-refractivity contribution in [3.63, 3.8) is 0 Å². The third-order valence-corrected chi connectivity index (χ3v) is 3.26. The van der Waals surface area contributed by atoms with Crippen molar-refractivity contribution in [3.05, 3.63) is 0 Å². The van der Waals surface area contributed by atoms with Gasteiger partial charge in [-0.25, -0.2) is 0 Å². The molecule has 1 aliphatic carbocycles. The van der Waals surface area contributed by atoms with Gasteiger partial charge >= 0.3 is 0 Å². The molecule has 2 N–H and O–H groups in total. The molecule has 0 unspecified atom stereocenters. The largest absolute Gasteiger partial charge is 0.380 e. The summed E-state index contributed by atoms with van der Waals surface area (Å²) in [6.07, 6.45) is 6.34. The van der Waals surface area contributed by atoms with Gasteiger partial charge in [-0.3, -0.25) is 0 Å². The first-order valence-corrected chi connectivity index (χ1v) is 6.21. The Morgan fingerprint density at radius 1 is 1.27 bits per heavy atom. The Bertz CT molecular complexity index is 167. The van der Waals surface area contributed by atoms with E-state index in [2.05, 4.69) is 11.9 Å². The molecule has 0 aromatic rings. The van der Waals surface area contributed by atoms with Gasteiger partial charge in [0.2, 0.25) is 0 Å². The molecule has 0 spiro atoms. The molecule has 1 fully saturated rings. The first-order valence-electron chi connectivity index (χ1n) is 6.21. The van der Waals surface area contributed by atoms with Crippen LogP contribution in [0.3, 0.4) is 0 Å². The molecule has 0 aromatic heterocycles. The van der Waals surface area contributed by atoms with Crippen molar-refractivity contribution in [1.82, 2.24) is 4.90 Å². The number of likely N-dealkylation sites (N-methyl/N-ethyl adjacent to an activating group) is 1. The van der Waals surface area contributed by atoms with Gasteiger partial charge in [0.15, 0.2) is 0 Å². The number of hydrogen-bond acceptors (Lipinski definition) is 3. The second-order valence-corrected chi connectivity index (χ2v) is 4.86. The number of ether oxygens (including phenoxy) is 1. The van der Waals surface area contributed by atoms with Crippen molar-refractivity contribution in [2.75, 3.05) is 33.4 Å². The standard InChI is InChI=1S/C12H26N2O/c1-3-15-10-9-14(2)11-12(13)7-5-4-6-8-12/h3-11,13H2,1-2H3. The van der Waals surface area contributed by atoms with Gasteiger partial charge in [0.1, 0.15) is 0 Å². The lowest BCUT2D eigenvalue weighted by atomic mass is 9.82. The van der Waals surface area contributed by atoms with Crippen molar-refractivity contribution in [1.29, 1.82) is 0 Å². The monoisotopic (exact) mass is 214 g/mol. The molecule has 0 radical (unpaired) electrons. The highest BCUT2D eigenvalue weighted by Crippen LogP contribution is 2.26. The van der Waals surface area contributed by atoms with Crippen LogP contribution in [-0.2, 0) is 4.74 Å². The fraction of sp³-hybridized carbons (Fsp3) is 1.00. The Balaban J connectivity index is 2.20. The molecule has 3 nitrogen and oxygen atoms in total. The minimum Gasteiger partial charge on any atom is -0.380 e. The molecule has 0 heterocycles. The summed E-state index contributed by atoms with van der Waals surface area (Å²) in [6.45, 7) is 5.67. The van der Waals surface area contributed by atoms with E-state index in [-0.39, 0.29) is 5.54 Å². The van der Waals surface area contributed by atoms with Crippen LogP contribution in [-0.4, -0.2) is 43.8 Å². The quantitative estimate of drug-likeness (QED) is 0.683. The van der Waals surface area contributed by atoms with Gasteiger partial charge in [0.25, 0.3) is 0 Å². The maximum absolute atomic E-state index is 6.38. The van der Waals surface area contributed by atoms with Crippen LogP contribution in [0.15, 0.2) is 0 Å².